The second kappa shape index (κ2) is 5.87. The Morgan fingerprint density at radius 1 is 1.22 bits per heavy atom. The first kappa shape index (κ1) is 14.0. The molecule has 0 aliphatic carbocycles. The topological polar surface area (TPSA) is 56.0 Å². The fraction of sp³-hybridized carbons (Fsp3) is 0.353. The molecule has 0 saturated carbocycles. The average Bonchev–Trinajstić information content (AvgIpc) is 3.24. The summed E-state index contributed by atoms with van der Waals surface area (Å²) in [6, 6.07) is 8.38. The molecule has 1 aromatic carbocycles. The summed E-state index contributed by atoms with van der Waals surface area (Å²) < 4.78 is 3.89. The lowest BCUT2D eigenvalue weighted by molar-refractivity contribution is -0.133. The quantitative estimate of drug-likeness (QED) is 0.744. The van der Waals surface area contributed by atoms with E-state index in [1.165, 1.54) is 0 Å². The number of nitrogens with zero attached hydrogens (tertiary/aromatic N) is 5. The Morgan fingerprint density at radius 2 is 2.04 bits per heavy atom. The van der Waals surface area contributed by atoms with Crippen LogP contribution < -0.4 is 0 Å². The van der Waals surface area contributed by atoms with Gasteiger partial charge >= 0.3 is 0 Å². The van der Waals surface area contributed by atoms with Crippen LogP contribution in [-0.2, 0) is 11.3 Å². The molecule has 6 nitrogen and oxygen atoms in total. The minimum absolute atomic E-state index is 0.141. The van der Waals surface area contributed by atoms with Crippen LogP contribution in [0.1, 0.15) is 18.9 Å². The number of benzene rings is 1. The molecular weight excluding hydrogens is 290 g/mol. The molecule has 0 spiro atoms. The van der Waals surface area contributed by atoms with Crippen molar-refractivity contribution in [3.05, 3.63) is 49.2 Å². The first-order valence-electron chi connectivity index (χ1n) is 7.97. The fourth-order valence-electron chi connectivity index (χ4n) is 3.23. The highest BCUT2D eigenvalue weighted by Gasteiger charge is 2.23. The van der Waals surface area contributed by atoms with Crippen molar-refractivity contribution in [2.45, 2.75) is 25.4 Å². The van der Waals surface area contributed by atoms with Crippen molar-refractivity contribution in [3.8, 4) is 0 Å². The second-order valence-corrected chi connectivity index (χ2v) is 6.01. The maximum absolute atomic E-state index is 12.5. The Hall–Kier alpha value is -2.63. The number of hydrogen-bond donors (Lipinski definition) is 0. The Balaban J connectivity index is 1.38. The predicted molar refractivity (Wildman–Crippen MR) is 86.8 cm³/mol. The van der Waals surface area contributed by atoms with Crippen LogP contribution in [0.25, 0.3) is 10.9 Å². The minimum Gasteiger partial charge on any atom is -0.341 e. The molecule has 3 aromatic rings. The third-order valence-corrected chi connectivity index (χ3v) is 4.52. The number of piperidine rings is 1. The number of aromatic nitrogens is 4. The highest BCUT2D eigenvalue weighted by molar-refractivity contribution is 5.79. The van der Waals surface area contributed by atoms with Gasteiger partial charge in [0.15, 0.2) is 0 Å². The summed E-state index contributed by atoms with van der Waals surface area (Å²) in [4.78, 5) is 18.5. The first-order chi connectivity index (χ1) is 11.3. The van der Waals surface area contributed by atoms with Gasteiger partial charge in [0, 0.05) is 43.1 Å². The largest absolute Gasteiger partial charge is 0.341 e. The first-order valence-corrected chi connectivity index (χ1v) is 7.97. The normalized spacial score (nSPS) is 16.1. The molecule has 1 aliphatic heterocycles. The summed E-state index contributed by atoms with van der Waals surface area (Å²) in [5, 5.41) is 5.53. The summed E-state index contributed by atoms with van der Waals surface area (Å²) in [7, 11) is 0. The summed E-state index contributed by atoms with van der Waals surface area (Å²) in [5.41, 5.74) is 0.930. The SMILES string of the molecule is O=C(Cn1cc2ccccc2n1)N1CCC(n2ccnc2)CC1. The summed E-state index contributed by atoms with van der Waals surface area (Å²) in [6.45, 7) is 1.90. The molecule has 1 saturated heterocycles. The molecule has 3 heterocycles. The van der Waals surface area contributed by atoms with Crippen LogP contribution in [0.5, 0.6) is 0 Å². The molecular formula is C17H19N5O. The average molecular weight is 309 g/mol. The van der Waals surface area contributed by atoms with Crippen LogP contribution in [0.4, 0.5) is 0 Å². The highest BCUT2D eigenvalue weighted by atomic mass is 16.2. The van der Waals surface area contributed by atoms with Crippen molar-refractivity contribution in [1.82, 2.24) is 24.2 Å². The molecule has 1 fully saturated rings. The number of hydrogen-bond acceptors (Lipinski definition) is 3. The smallest absolute Gasteiger partial charge is 0.244 e. The zero-order valence-electron chi connectivity index (χ0n) is 12.9. The standard InChI is InChI=1S/C17H19N5O/c23-17(12-22-11-14-3-1-2-4-16(14)19-22)20-8-5-15(6-9-20)21-10-7-18-13-21/h1-4,7,10-11,13,15H,5-6,8-9,12H2. The van der Waals surface area contributed by atoms with Crippen LogP contribution in [0, 0.1) is 0 Å². The Morgan fingerprint density at radius 3 is 2.78 bits per heavy atom. The van der Waals surface area contributed by atoms with E-state index in [1.807, 2.05) is 47.9 Å². The summed E-state index contributed by atoms with van der Waals surface area (Å²) in [6.07, 6.45) is 9.55. The maximum atomic E-state index is 12.5. The minimum atomic E-state index is 0.141. The van der Waals surface area contributed by atoms with Crippen molar-refractivity contribution in [3.63, 3.8) is 0 Å². The molecule has 0 atom stereocenters. The van der Waals surface area contributed by atoms with Crippen molar-refractivity contribution in [1.29, 1.82) is 0 Å². The molecule has 2 aromatic heterocycles. The second-order valence-electron chi connectivity index (χ2n) is 6.01. The Labute approximate surface area is 134 Å². The zero-order chi connectivity index (χ0) is 15.6. The van der Waals surface area contributed by atoms with Gasteiger partial charge in [-0.05, 0) is 18.9 Å². The van der Waals surface area contributed by atoms with Crippen LogP contribution in [0.3, 0.4) is 0 Å². The van der Waals surface area contributed by atoms with E-state index < -0.39 is 0 Å². The summed E-state index contributed by atoms with van der Waals surface area (Å²) >= 11 is 0. The van der Waals surface area contributed by atoms with E-state index in [9.17, 15) is 4.79 Å². The number of amides is 1. The van der Waals surface area contributed by atoms with Crippen molar-refractivity contribution >= 4 is 16.8 Å². The molecule has 118 valence electrons. The molecule has 0 unspecified atom stereocenters. The van der Waals surface area contributed by atoms with Crippen LogP contribution in [0.2, 0.25) is 0 Å². The predicted octanol–water partition coefficient (Wildman–Crippen LogP) is 2.10. The van der Waals surface area contributed by atoms with Gasteiger partial charge in [0.05, 0.1) is 11.8 Å². The van der Waals surface area contributed by atoms with Crippen LogP contribution in [-0.4, -0.2) is 43.2 Å². The van der Waals surface area contributed by atoms with Gasteiger partial charge in [-0.1, -0.05) is 18.2 Å². The van der Waals surface area contributed by atoms with Gasteiger partial charge < -0.3 is 9.47 Å². The third-order valence-electron chi connectivity index (χ3n) is 4.52. The van der Waals surface area contributed by atoms with Gasteiger partial charge in [-0.3, -0.25) is 9.48 Å². The Bertz CT molecular complexity index is 766. The van der Waals surface area contributed by atoms with E-state index in [0.717, 1.165) is 36.8 Å². The lowest BCUT2D eigenvalue weighted by Gasteiger charge is -2.32. The number of carbonyl (C=O) groups is 1. The van der Waals surface area contributed by atoms with Crippen molar-refractivity contribution in [2.75, 3.05) is 13.1 Å². The molecule has 4 rings (SSSR count). The molecule has 1 amide bonds. The highest BCUT2D eigenvalue weighted by Crippen LogP contribution is 2.22. The lowest BCUT2D eigenvalue weighted by atomic mass is 10.0. The van der Waals surface area contributed by atoms with Gasteiger partial charge in [-0.15, -0.1) is 0 Å². The van der Waals surface area contributed by atoms with Crippen molar-refractivity contribution < 1.29 is 4.79 Å². The maximum Gasteiger partial charge on any atom is 0.244 e. The molecule has 23 heavy (non-hydrogen) atoms. The van der Waals surface area contributed by atoms with E-state index in [2.05, 4.69) is 14.6 Å². The van der Waals surface area contributed by atoms with E-state index in [1.54, 1.807) is 10.9 Å². The van der Waals surface area contributed by atoms with Gasteiger partial charge in [-0.2, -0.15) is 5.10 Å². The number of likely N-dealkylation sites (tertiary alicyclic amines) is 1. The monoisotopic (exact) mass is 309 g/mol. The van der Waals surface area contributed by atoms with Crippen LogP contribution in [0.15, 0.2) is 49.2 Å². The number of rotatable bonds is 3. The summed E-state index contributed by atoms with van der Waals surface area (Å²) in [5.74, 6) is 0.141. The Kier molecular flexibility index (Phi) is 3.57. The third kappa shape index (κ3) is 2.84. The number of imidazole rings is 1. The zero-order valence-corrected chi connectivity index (χ0v) is 12.9. The van der Waals surface area contributed by atoms with Crippen molar-refractivity contribution in [2.24, 2.45) is 0 Å². The van der Waals surface area contributed by atoms with Gasteiger partial charge in [0.1, 0.15) is 6.54 Å². The molecule has 0 bridgehead atoms. The van der Waals surface area contributed by atoms with E-state index >= 15 is 0 Å². The molecule has 1 aliphatic rings. The fourth-order valence-corrected chi connectivity index (χ4v) is 3.23. The van der Waals surface area contributed by atoms with Crippen LogP contribution >= 0.6 is 0 Å². The van der Waals surface area contributed by atoms with E-state index in [4.69, 9.17) is 0 Å². The molecule has 0 radical (unpaired) electrons. The number of fused-ring (bicyclic) bond motifs is 1. The van der Waals surface area contributed by atoms with Gasteiger partial charge in [0.2, 0.25) is 5.91 Å². The molecule has 0 N–H and O–H groups in total. The van der Waals surface area contributed by atoms with E-state index in [0.29, 0.717) is 12.6 Å². The molecule has 6 heteroatoms. The number of carbonyl (C=O) groups excluding carboxylic acids is 1. The van der Waals surface area contributed by atoms with Gasteiger partial charge in [0.25, 0.3) is 0 Å². The lowest BCUT2D eigenvalue weighted by Crippen LogP contribution is -2.40. The van der Waals surface area contributed by atoms with E-state index in [-0.39, 0.29) is 5.91 Å². The van der Waals surface area contributed by atoms with Gasteiger partial charge in [-0.25, -0.2) is 4.98 Å².